The van der Waals surface area contributed by atoms with Gasteiger partial charge in [-0.25, -0.2) is 0 Å². The summed E-state index contributed by atoms with van der Waals surface area (Å²) < 4.78 is 5.21. The van der Waals surface area contributed by atoms with Crippen molar-refractivity contribution in [3.63, 3.8) is 0 Å². The first-order chi connectivity index (χ1) is 10.6. The lowest BCUT2D eigenvalue weighted by Gasteiger charge is -2.16. The molecule has 1 aromatic rings. The van der Waals surface area contributed by atoms with Gasteiger partial charge in [-0.1, -0.05) is 25.5 Å². The van der Waals surface area contributed by atoms with Crippen LogP contribution in [0.15, 0.2) is 24.3 Å². The number of carbonyl (C=O) groups is 2. The van der Waals surface area contributed by atoms with Crippen LogP contribution in [0.4, 0.5) is 5.69 Å². The van der Waals surface area contributed by atoms with E-state index in [0.29, 0.717) is 17.9 Å². The fourth-order valence-corrected chi connectivity index (χ4v) is 2.52. The Kier molecular flexibility index (Phi) is 5.41. The summed E-state index contributed by atoms with van der Waals surface area (Å²) in [5.74, 6) is 0.206. The molecule has 2 rings (SSSR count). The molecule has 1 aliphatic carbocycles. The van der Waals surface area contributed by atoms with E-state index in [1.54, 1.807) is 24.1 Å². The molecule has 2 atom stereocenters. The highest BCUT2D eigenvalue weighted by atomic mass is 16.5. The highest BCUT2D eigenvalue weighted by Crippen LogP contribution is 2.41. The first-order valence-electron chi connectivity index (χ1n) is 7.77. The van der Waals surface area contributed by atoms with Crippen LogP contribution in [-0.4, -0.2) is 37.4 Å². The Hall–Kier alpha value is -2.04. The third kappa shape index (κ3) is 3.78. The van der Waals surface area contributed by atoms with Crippen LogP contribution < -0.4 is 10.1 Å². The number of para-hydroxylation sites is 2. The molecule has 22 heavy (non-hydrogen) atoms. The Morgan fingerprint density at radius 1 is 1.32 bits per heavy atom. The fraction of sp³-hybridized carbons (Fsp3) is 0.529. The zero-order valence-electron chi connectivity index (χ0n) is 13.5. The van der Waals surface area contributed by atoms with E-state index in [1.165, 1.54) is 0 Å². The van der Waals surface area contributed by atoms with Gasteiger partial charge in [-0.3, -0.25) is 9.59 Å². The maximum absolute atomic E-state index is 12.3. The first-order valence-corrected chi connectivity index (χ1v) is 7.77. The number of benzene rings is 1. The Balaban J connectivity index is 1.89. The molecule has 0 radical (unpaired) electrons. The monoisotopic (exact) mass is 304 g/mol. The van der Waals surface area contributed by atoms with Crippen LogP contribution in [0.25, 0.3) is 0 Å². The summed E-state index contributed by atoms with van der Waals surface area (Å²) in [6.45, 7) is 2.85. The largest absolute Gasteiger partial charge is 0.495 e. The van der Waals surface area contributed by atoms with Crippen LogP contribution in [0.5, 0.6) is 5.75 Å². The molecule has 120 valence electrons. The number of hydrogen-bond acceptors (Lipinski definition) is 3. The number of ether oxygens (including phenoxy) is 1. The van der Waals surface area contributed by atoms with E-state index in [2.05, 4.69) is 12.2 Å². The van der Waals surface area contributed by atoms with Crippen molar-refractivity contribution < 1.29 is 14.3 Å². The second-order valence-corrected chi connectivity index (χ2v) is 5.75. The van der Waals surface area contributed by atoms with Crippen molar-refractivity contribution in [2.24, 2.45) is 11.8 Å². The number of unbranched alkanes of at least 4 members (excludes halogenated alkanes) is 1. The number of nitrogens with zero attached hydrogens (tertiary/aromatic N) is 1. The number of rotatable bonds is 7. The van der Waals surface area contributed by atoms with Crippen molar-refractivity contribution >= 4 is 17.5 Å². The van der Waals surface area contributed by atoms with Gasteiger partial charge in [0, 0.05) is 13.6 Å². The Bertz CT molecular complexity index is 544. The number of hydrogen-bond donors (Lipinski definition) is 1. The van der Waals surface area contributed by atoms with E-state index in [4.69, 9.17) is 4.74 Å². The van der Waals surface area contributed by atoms with Crippen LogP contribution >= 0.6 is 0 Å². The van der Waals surface area contributed by atoms with E-state index >= 15 is 0 Å². The van der Waals surface area contributed by atoms with Gasteiger partial charge in [0.1, 0.15) is 5.75 Å². The fourth-order valence-electron chi connectivity index (χ4n) is 2.52. The van der Waals surface area contributed by atoms with Gasteiger partial charge in [0.15, 0.2) is 0 Å². The SMILES string of the molecule is CCCCN(C)C(=O)C1CC1C(=O)Nc1ccccc1OC. The lowest BCUT2D eigenvalue weighted by atomic mass is 10.2. The molecule has 1 N–H and O–H groups in total. The van der Waals surface area contributed by atoms with Gasteiger partial charge < -0.3 is 15.0 Å². The van der Waals surface area contributed by atoms with Crippen molar-refractivity contribution in [1.82, 2.24) is 4.90 Å². The van der Waals surface area contributed by atoms with Gasteiger partial charge in [0.25, 0.3) is 0 Å². The zero-order valence-corrected chi connectivity index (χ0v) is 13.5. The molecule has 1 fully saturated rings. The Morgan fingerprint density at radius 2 is 2.05 bits per heavy atom. The number of anilines is 1. The summed E-state index contributed by atoms with van der Waals surface area (Å²) in [5, 5.41) is 2.86. The predicted molar refractivity (Wildman–Crippen MR) is 85.8 cm³/mol. The van der Waals surface area contributed by atoms with Gasteiger partial charge in [-0.05, 0) is 25.0 Å². The maximum Gasteiger partial charge on any atom is 0.228 e. The number of carbonyl (C=O) groups excluding carboxylic acids is 2. The van der Waals surface area contributed by atoms with Gasteiger partial charge in [-0.15, -0.1) is 0 Å². The normalized spacial score (nSPS) is 19.4. The predicted octanol–water partition coefficient (Wildman–Crippen LogP) is 2.53. The van der Waals surface area contributed by atoms with Crippen molar-refractivity contribution in [3.05, 3.63) is 24.3 Å². The molecule has 0 bridgehead atoms. The van der Waals surface area contributed by atoms with Gasteiger partial charge in [0.05, 0.1) is 24.6 Å². The number of methoxy groups -OCH3 is 1. The smallest absolute Gasteiger partial charge is 0.228 e. The van der Waals surface area contributed by atoms with Gasteiger partial charge in [-0.2, -0.15) is 0 Å². The first kappa shape index (κ1) is 16.3. The zero-order chi connectivity index (χ0) is 16.1. The average molecular weight is 304 g/mol. The maximum atomic E-state index is 12.3. The molecule has 1 aliphatic rings. The second kappa shape index (κ2) is 7.29. The minimum absolute atomic E-state index is 0.0774. The minimum Gasteiger partial charge on any atom is -0.495 e. The molecule has 0 heterocycles. The highest BCUT2D eigenvalue weighted by molar-refractivity contribution is 6.00. The molecule has 2 amide bonds. The quantitative estimate of drug-likeness (QED) is 0.842. The van der Waals surface area contributed by atoms with Crippen molar-refractivity contribution in [1.29, 1.82) is 0 Å². The van der Waals surface area contributed by atoms with Crippen LogP contribution in [0.2, 0.25) is 0 Å². The van der Waals surface area contributed by atoms with Gasteiger partial charge >= 0.3 is 0 Å². The van der Waals surface area contributed by atoms with E-state index in [1.807, 2.05) is 19.2 Å². The summed E-state index contributed by atoms with van der Waals surface area (Å²) in [6.07, 6.45) is 2.68. The van der Waals surface area contributed by atoms with E-state index < -0.39 is 0 Å². The van der Waals surface area contributed by atoms with E-state index in [9.17, 15) is 9.59 Å². The van der Waals surface area contributed by atoms with E-state index in [-0.39, 0.29) is 23.7 Å². The lowest BCUT2D eigenvalue weighted by molar-refractivity contribution is -0.132. The highest BCUT2D eigenvalue weighted by Gasteiger charge is 2.49. The standard InChI is InChI=1S/C17H24N2O3/c1-4-5-10-19(2)17(21)13-11-12(13)16(20)18-14-8-6-7-9-15(14)22-3/h6-9,12-13H,4-5,10-11H2,1-3H3,(H,18,20). The Morgan fingerprint density at radius 3 is 2.73 bits per heavy atom. The molecular weight excluding hydrogens is 280 g/mol. The summed E-state index contributed by atoms with van der Waals surface area (Å²) in [5.41, 5.74) is 0.646. The second-order valence-electron chi connectivity index (χ2n) is 5.75. The molecule has 0 saturated heterocycles. The molecule has 0 aromatic heterocycles. The van der Waals surface area contributed by atoms with Crippen LogP contribution in [0.3, 0.4) is 0 Å². The van der Waals surface area contributed by atoms with Crippen molar-refractivity contribution in [2.75, 3.05) is 26.0 Å². The third-order valence-electron chi connectivity index (χ3n) is 4.03. The average Bonchev–Trinajstić information content (AvgIpc) is 3.33. The lowest BCUT2D eigenvalue weighted by Crippen LogP contribution is -2.30. The molecule has 2 unspecified atom stereocenters. The topological polar surface area (TPSA) is 58.6 Å². The molecular formula is C17H24N2O3. The Labute approximate surface area is 131 Å². The molecule has 1 saturated carbocycles. The molecule has 1 aromatic carbocycles. The summed E-state index contributed by atoms with van der Waals surface area (Å²) in [6, 6.07) is 7.28. The molecule has 0 spiro atoms. The van der Waals surface area contributed by atoms with Gasteiger partial charge in [0.2, 0.25) is 11.8 Å². The third-order valence-corrected chi connectivity index (χ3v) is 4.03. The minimum atomic E-state index is -0.221. The summed E-state index contributed by atoms with van der Waals surface area (Å²) in [7, 11) is 3.38. The van der Waals surface area contributed by atoms with Crippen molar-refractivity contribution in [2.45, 2.75) is 26.2 Å². The molecule has 5 nitrogen and oxygen atoms in total. The van der Waals surface area contributed by atoms with Crippen LogP contribution in [-0.2, 0) is 9.59 Å². The summed E-state index contributed by atoms with van der Waals surface area (Å²) >= 11 is 0. The number of amides is 2. The van der Waals surface area contributed by atoms with Crippen molar-refractivity contribution in [3.8, 4) is 5.75 Å². The van der Waals surface area contributed by atoms with Crippen LogP contribution in [0, 0.1) is 11.8 Å². The molecule has 0 aliphatic heterocycles. The number of nitrogens with one attached hydrogen (secondary N) is 1. The van der Waals surface area contributed by atoms with E-state index in [0.717, 1.165) is 19.4 Å². The summed E-state index contributed by atoms with van der Waals surface area (Å²) in [4.78, 5) is 26.2. The van der Waals surface area contributed by atoms with Crippen LogP contribution in [0.1, 0.15) is 26.2 Å². The molecule has 5 heteroatoms.